The molecular weight excluding hydrogens is 426 g/mol. The van der Waals surface area contributed by atoms with Gasteiger partial charge < -0.3 is 5.32 Å². The minimum Gasteiger partial charge on any atom is -0.326 e. The van der Waals surface area contributed by atoms with Crippen LogP contribution in [0.4, 0.5) is 14.5 Å². The van der Waals surface area contributed by atoms with Crippen molar-refractivity contribution in [2.75, 3.05) is 11.1 Å². The summed E-state index contributed by atoms with van der Waals surface area (Å²) in [6, 6.07) is 9.29. The summed E-state index contributed by atoms with van der Waals surface area (Å²) in [5.74, 6) is -1.23. The van der Waals surface area contributed by atoms with Gasteiger partial charge >= 0.3 is 0 Å². The van der Waals surface area contributed by atoms with Crippen molar-refractivity contribution in [3.8, 4) is 0 Å². The fourth-order valence-corrected chi connectivity index (χ4v) is 4.15. The molecule has 0 bridgehead atoms. The van der Waals surface area contributed by atoms with Gasteiger partial charge in [0, 0.05) is 16.6 Å². The molecule has 0 aliphatic heterocycles. The summed E-state index contributed by atoms with van der Waals surface area (Å²) in [4.78, 5) is 28.5. The highest BCUT2D eigenvalue weighted by atomic mass is 35.5. The molecule has 0 unspecified atom stereocenters. The van der Waals surface area contributed by atoms with E-state index in [1.165, 1.54) is 65.6 Å². The molecule has 2 aromatic carbocycles. The number of thiazole rings is 1. The molecule has 0 saturated heterocycles. The van der Waals surface area contributed by atoms with Gasteiger partial charge in [-0.15, -0.1) is 11.3 Å². The Balaban J connectivity index is 1.52. The third-order valence-electron chi connectivity index (χ3n) is 3.57. The van der Waals surface area contributed by atoms with E-state index in [9.17, 15) is 18.4 Å². The summed E-state index contributed by atoms with van der Waals surface area (Å²) < 4.78 is 26.7. The van der Waals surface area contributed by atoms with Gasteiger partial charge in [-0.2, -0.15) is 0 Å². The summed E-state index contributed by atoms with van der Waals surface area (Å²) in [6.45, 7) is 0. The van der Waals surface area contributed by atoms with Crippen molar-refractivity contribution in [3.05, 3.63) is 75.8 Å². The molecular formula is C19H13ClF2N2O2S2. The normalized spacial score (nSPS) is 10.7. The van der Waals surface area contributed by atoms with Crippen molar-refractivity contribution < 1.29 is 18.4 Å². The van der Waals surface area contributed by atoms with Crippen LogP contribution in [-0.4, -0.2) is 22.4 Å². The van der Waals surface area contributed by atoms with E-state index in [1.807, 2.05) is 0 Å². The largest absolute Gasteiger partial charge is 0.326 e. The maximum Gasteiger partial charge on any atom is 0.230 e. The van der Waals surface area contributed by atoms with Gasteiger partial charge in [-0.05, 0) is 42.5 Å². The first-order valence-electron chi connectivity index (χ1n) is 8.01. The maximum absolute atomic E-state index is 13.1. The second kappa shape index (κ2) is 9.27. The van der Waals surface area contributed by atoms with E-state index in [4.69, 9.17) is 11.6 Å². The molecule has 144 valence electrons. The number of anilines is 1. The number of aromatic nitrogens is 1. The van der Waals surface area contributed by atoms with E-state index in [2.05, 4.69) is 10.3 Å². The molecule has 9 heteroatoms. The molecule has 3 rings (SSSR count). The summed E-state index contributed by atoms with van der Waals surface area (Å²) in [5.41, 5.74) is 1.39. The molecule has 0 saturated carbocycles. The van der Waals surface area contributed by atoms with Crippen LogP contribution in [0.1, 0.15) is 16.1 Å². The summed E-state index contributed by atoms with van der Waals surface area (Å²) in [5, 5.41) is 4.29. The Morgan fingerprint density at radius 3 is 2.61 bits per heavy atom. The molecule has 1 aromatic heterocycles. The first kappa shape index (κ1) is 20.4. The van der Waals surface area contributed by atoms with Crippen molar-refractivity contribution in [2.24, 2.45) is 0 Å². The zero-order chi connectivity index (χ0) is 20.1. The summed E-state index contributed by atoms with van der Waals surface area (Å²) in [7, 11) is 0. The number of Topliss-reactive ketones (excluding diaryl/α,β-unsaturated/α-hetero) is 1. The molecule has 0 spiro atoms. The van der Waals surface area contributed by atoms with Gasteiger partial charge in [0.05, 0.1) is 22.9 Å². The highest BCUT2D eigenvalue weighted by Gasteiger charge is 2.12. The van der Waals surface area contributed by atoms with Crippen LogP contribution >= 0.6 is 34.7 Å². The maximum atomic E-state index is 13.1. The topological polar surface area (TPSA) is 59.1 Å². The summed E-state index contributed by atoms with van der Waals surface area (Å²) in [6.07, 6.45) is 0.0396. The number of benzene rings is 2. The van der Waals surface area contributed by atoms with E-state index in [0.29, 0.717) is 21.3 Å². The highest BCUT2D eigenvalue weighted by molar-refractivity contribution is 8.01. The van der Waals surface area contributed by atoms with Gasteiger partial charge in [0.25, 0.3) is 0 Å². The number of ketones is 1. The minimum absolute atomic E-state index is 0.0396. The lowest BCUT2D eigenvalue weighted by molar-refractivity contribution is -0.115. The van der Waals surface area contributed by atoms with Gasteiger partial charge in [-0.25, -0.2) is 13.8 Å². The number of carbonyl (C=O) groups is 2. The lowest BCUT2D eigenvalue weighted by Gasteiger charge is -2.04. The zero-order valence-electron chi connectivity index (χ0n) is 14.2. The minimum atomic E-state index is -0.559. The number of hydrogen-bond donors (Lipinski definition) is 1. The molecule has 1 heterocycles. The number of amides is 1. The first-order chi connectivity index (χ1) is 13.4. The number of nitrogens with zero attached hydrogens (tertiary/aromatic N) is 1. The average molecular weight is 439 g/mol. The second-order valence-electron chi connectivity index (χ2n) is 5.68. The van der Waals surface area contributed by atoms with Crippen LogP contribution in [0.5, 0.6) is 0 Å². The number of rotatable bonds is 7. The molecule has 0 atom stereocenters. The number of hydrogen-bond acceptors (Lipinski definition) is 5. The number of thioether (sulfide) groups is 1. The molecule has 0 aliphatic carbocycles. The van der Waals surface area contributed by atoms with Crippen molar-refractivity contribution in [2.45, 2.75) is 10.8 Å². The Morgan fingerprint density at radius 1 is 1.14 bits per heavy atom. The lowest BCUT2D eigenvalue weighted by Crippen LogP contribution is -2.14. The zero-order valence-corrected chi connectivity index (χ0v) is 16.6. The Bertz CT molecular complexity index is 1010. The number of carbonyl (C=O) groups excluding carboxylic acids is 2. The summed E-state index contributed by atoms with van der Waals surface area (Å²) >= 11 is 8.27. The van der Waals surface area contributed by atoms with Crippen LogP contribution in [0.2, 0.25) is 5.02 Å². The van der Waals surface area contributed by atoms with Crippen LogP contribution in [-0.2, 0) is 11.2 Å². The van der Waals surface area contributed by atoms with Gasteiger partial charge in [0.1, 0.15) is 11.6 Å². The first-order valence-corrected chi connectivity index (χ1v) is 10.3. The number of halogens is 3. The molecule has 3 aromatic rings. The Labute approximate surface area is 172 Å². The van der Waals surface area contributed by atoms with E-state index < -0.39 is 11.6 Å². The van der Waals surface area contributed by atoms with Crippen molar-refractivity contribution in [1.82, 2.24) is 4.98 Å². The van der Waals surface area contributed by atoms with Crippen LogP contribution in [0.25, 0.3) is 0 Å². The fourth-order valence-electron chi connectivity index (χ4n) is 2.23. The van der Waals surface area contributed by atoms with Gasteiger partial charge in [0.15, 0.2) is 10.1 Å². The number of nitrogens with one attached hydrogen (secondary N) is 1. The Kier molecular flexibility index (Phi) is 6.77. The SMILES string of the molecule is O=C(Cc1csc(SCC(=O)c2ccc(F)cc2)n1)Nc1ccc(F)c(Cl)c1. The van der Waals surface area contributed by atoms with Gasteiger partial charge in [-0.3, -0.25) is 9.59 Å². The van der Waals surface area contributed by atoms with Crippen LogP contribution < -0.4 is 5.32 Å². The molecule has 28 heavy (non-hydrogen) atoms. The van der Waals surface area contributed by atoms with Crippen molar-refractivity contribution in [3.63, 3.8) is 0 Å². The van der Waals surface area contributed by atoms with Gasteiger partial charge in [-0.1, -0.05) is 23.4 Å². The molecule has 4 nitrogen and oxygen atoms in total. The predicted octanol–water partition coefficient (Wildman–Crippen LogP) is 5.23. The van der Waals surface area contributed by atoms with E-state index >= 15 is 0 Å². The second-order valence-corrected chi connectivity index (χ2v) is 8.17. The van der Waals surface area contributed by atoms with Crippen LogP contribution in [0.15, 0.2) is 52.2 Å². The van der Waals surface area contributed by atoms with E-state index in [0.717, 1.165) is 0 Å². The monoisotopic (exact) mass is 438 g/mol. The van der Waals surface area contributed by atoms with Crippen molar-refractivity contribution >= 4 is 52.1 Å². The highest BCUT2D eigenvalue weighted by Crippen LogP contribution is 2.24. The quantitative estimate of drug-likeness (QED) is 0.405. The average Bonchev–Trinajstić information content (AvgIpc) is 3.10. The Hall–Kier alpha value is -2.29. The smallest absolute Gasteiger partial charge is 0.230 e. The van der Waals surface area contributed by atoms with E-state index in [-0.39, 0.29) is 28.9 Å². The van der Waals surface area contributed by atoms with Gasteiger partial charge in [0.2, 0.25) is 5.91 Å². The molecule has 0 fully saturated rings. The molecule has 0 radical (unpaired) electrons. The predicted molar refractivity (Wildman–Crippen MR) is 107 cm³/mol. The van der Waals surface area contributed by atoms with Crippen LogP contribution in [0, 0.1) is 11.6 Å². The third-order valence-corrected chi connectivity index (χ3v) is 5.93. The third kappa shape index (κ3) is 5.60. The molecule has 0 aliphatic rings. The fraction of sp³-hybridized carbons (Fsp3) is 0.105. The molecule has 1 N–H and O–H groups in total. The standard InChI is InChI=1S/C19H13ClF2N2O2S2/c20-15-7-13(5-6-16(15)22)23-18(26)8-14-9-27-19(24-14)28-10-17(25)11-1-3-12(21)4-2-11/h1-7,9H,8,10H2,(H,23,26). The van der Waals surface area contributed by atoms with E-state index in [1.54, 1.807) is 5.38 Å². The van der Waals surface area contributed by atoms with Crippen molar-refractivity contribution in [1.29, 1.82) is 0 Å². The Morgan fingerprint density at radius 2 is 1.89 bits per heavy atom. The molecule has 1 amide bonds. The lowest BCUT2D eigenvalue weighted by atomic mass is 10.1. The van der Waals surface area contributed by atoms with Crippen LogP contribution in [0.3, 0.4) is 0 Å².